The molecule has 0 spiro atoms. The molecule has 3 aromatic rings. The highest BCUT2D eigenvalue weighted by atomic mass is 16.5. The van der Waals surface area contributed by atoms with Crippen LogP contribution in [-0.2, 0) is 9.53 Å². The van der Waals surface area contributed by atoms with Crippen molar-refractivity contribution in [2.24, 2.45) is 0 Å². The first-order valence-corrected chi connectivity index (χ1v) is 12.5. The topological polar surface area (TPSA) is 85.2 Å². The van der Waals surface area contributed by atoms with Crippen LogP contribution in [0.5, 0.6) is 0 Å². The van der Waals surface area contributed by atoms with E-state index in [1.807, 2.05) is 11.1 Å². The molecule has 2 fully saturated rings. The summed E-state index contributed by atoms with van der Waals surface area (Å²) in [5, 5.41) is 11.5. The van der Waals surface area contributed by atoms with Crippen LogP contribution in [0.1, 0.15) is 54.5 Å². The summed E-state index contributed by atoms with van der Waals surface area (Å²) >= 11 is 0. The number of ether oxygens (including phenoxy) is 1. The van der Waals surface area contributed by atoms with Gasteiger partial charge in [0.1, 0.15) is 11.9 Å². The number of H-pyrrole nitrogens is 1. The fraction of sp³-hybridized carbons (Fsp3) is 0.464. The first-order valence-electron chi connectivity index (χ1n) is 12.5. The maximum Gasteiger partial charge on any atom is 0.225 e. The number of hydrogen-bond donors (Lipinski definition) is 1. The molecular formula is C28H33N5O2. The van der Waals surface area contributed by atoms with Crippen LogP contribution in [0.25, 0.3) is 22.0 Å². The SMILES string of the molecule is COCCC(=O)N1CCN(c2nc(C3CC3)c(-c3ccc4[nH]ccc4c3C)c(C)c2C#N)CC1C. The van der Waals surface area contributed by atoms with Gasteiger partial charge in [0, 0.05) is 61.4 Å². The summed E-state index contributed by atoms with van der Waals surface area (Å²) in [6.45, 7) is 8.69. The number of aryl methyl sites for hydroxylation is 1. The minimum Gasteiger partial charge on any atom is -0.384 e. The molecule has 0 radical (unpaired) electrons. The molecule has 182 valence electrons. The molecule has 1 saturated carbocycles. The molecule has 1 amide bonds. The van der Waals surface area contributed by atoms with Gasteiger partial charge in [0.25, 0.3) is 0 Å². The number of rotatable bonds is 6. The Morgan fingerprint density at radius 2 is 2.03 bits per heavy atom. The summed E-state index contributed by atoms with van der Waals surface area (Å²) in [4.78, 5) is 25.2. The number of benzene rings is 1. The number of nitrogens with zero attached hydrogens (tertiary/aromatic N) is 4. The molecule has 3 heterocycles. The number of hydrogen-bond acceptors (Lipinski definition) is 5. The first-order chi connectivity index (χ1) is 16.9. The van der Waals surface area contributed by atoms with Gasteiger partial charge in [-0.3, -0.25) is 4.79 Å². The zero-order valence-corrected chi connectivity index (χ0v) is 21.0. The Morgan fingerprint density at radius 3 is 2.71 bits per heavy atom. The van der Waals surface area contributed by atoms with Crippen molar-refractivity contribution in [3.63, 3.8) is 0 Å². The maximum absolute atomic E-state index is 12.6. The van der Waals surface area contributed by atoms with Gasteiger partial charge < -0.3 is 19.5 Å². The van der Waals surface area contributed by atoms with Crippen molar-refractivity contribution >= 4 is 22.6 Å². The summed E-state index contributed by atoms with van der Waals surface area (Å²) in [6, 6.07) is 8.92. The van der Waals surface area contributed by atoms with Crippen molar-refractivity contribution < 1.29 is 9.53 Å². The summed E-state index contributed by atoms with van der Waals surface area (Å²) in [5.41, 5.74) is 7.37. The number of carbonyl (C=O) groups is 1. The van der Waals surface area contributed by atoms with Gasteiger partial charge in [0.2, 0.25) is 5.91 Å². The third-order valence-corrected chi connectivity index (χ3v) is 7.57. The number of anilines is 1. The normalized spacial score (nSPS) is 18.2. The maximum atomic E-state index is 12.6. The third kappa shape index (κ3) is 4.17. The second-order valence-electron chi connectivity index (χ2n) is 9.88. The number of carbonyl (C=O) groups excluding carboxylic acids is 1. The second kappa shape index (κ2) is 9.35. The Balaban J connectivity index is 1.54. The molecule has 1 N–H and O–H groups in total. The van der Waals surface area contributed by atoms with Crippen LogP contribution in [0.3, 0.4) is 0 Å². The highest BCUT2D eigenvalue weighted by Gasteiger charge is 2.34. The van der Waals surface area contributed by atoms with Crippen molar-refractivity contribution in [2.45, 2.75) is 52.0 Å². The van der Waals surface area contributed by atoms with E-state index in [1.165, 1.54) is 10.9 Å². The Morgan fingerprint density at radius 1 is 1.23 bits per heavy atom. The lowest BCUT2D eigenvalue weighted by Gasteiger charge is -2.41. The number of nitriles is 1. The van der Waals surface area contributed by atoms with Gasteiger partial charge in [-0.05, 0) is 62.4 Å². The van der Waals surface area contributed by atoms with Gasteiger partial charge in [0.05, 0.1) is 24.3 Å². The summed E-state index contributed by atoms with van der Waals surface area (Å²) in [6.07, 6.45) is 4.63. The number of methoxy groups -OCH3 is 1. The van der Waals surface area contributed by atoms with E-state index < -0.39 is 0 Å². The average Bonchev–Trinajstić information content (AvgIpc) is 3.58. The molecule has 0 bridgehead atoms. The van der Waals surface area contributed by atoms with Crippen molar-refractivity contribution in [2.75, 3.05) is 38.3 Å². The van der Waals surface area contributed by atoms with E-state index in [0.717, 1.165) is 46.6 Å². The van der Waals surface area contributed by atoms with E-state index in [9.17, 15) is 10.1 Å². The van der Waals surface area contributed by atoms with Gasteiger partial charge >= 0.3 is 0 Å². The zero-order valence-electron chi connectivity index (χ0n) is 21.0. The minimum absolute atomic E-state index is 0.0454. The van der Waals surface area contributed by atoms with E-state index in [0.29, 0.717) is 44.1 Å². The van der Waals surface area contributed by atoms with Crippen LogP contribution < -0.4 is 4.90 Å². The molecule has 35 heavy (non-hydrogen) atoms. The molecule has 2 aliphatic rings. The second-order valence-corrected chi connectivity index (χ2v) is 9.88. The molecule has 1 aliphatic heterocycles. The van der Waals surface area contributed by atoms with Gasteiger partial charge in [-0.2, -0.15) is 5.26 Å². The van der Waals surface area contributed by atoms with Crippen LogP contribution in [0.2, 0.25) is 0 Å². The minimum atomic E-state index is 0.0454. The summed E-state index contributed by atoms with van der Waals surface area (Å²) in [7, 11) is 1.62. The summed E-state index contributed by atoms with van der Waals surface area (Å²) < 4.78 is 5.08. The van der Waals surface area contributed by atoms with Crippen LogP contribution in [0, 0.1) is 25.2 Å². The van der Waals surface area contributed by atoms with Crippen LogP contribution >= 0.6 is 0 Å². The van der Waals surface area contributed by atoms with Crippen molar-refractivity contribution in [1.29, 1.82) is 5.26 Å². The lowest BCUT2D eigenvalue weighted by molar-refractivity contribution is -0.134. The number of piperazine rings is 1. The zero-order chi connectivity index (χ0) is 24.7. The Hall–Kier alpha value is -3.37. The molecule has 1 unspecified atom stereocenters. The Labute approximate surface area is 206 Å². The van der Waals surface area contributed by atoms with Gasteiger partial charge in [-0.1, -0.05) is 6.07 Å². The van der Waals surface area contributed by atoms with Gasteiger partial charge in [0.15, 0.2) is 0 Å². The molecular weight excluding hydrogens is 438 g/mol. The molecule has 2 aromatic heterocycles. The molecule has 7 heteroatoms. The highest BCUT2D eigenvalue weighted by Crippen LogP contribution is 2.47. The van der Waals surface area contributed by atoms with Gasteiger partial charge in [-0.25, -0.2) is 4.98 Å². The molecule has 1 atom stereocenters. The van der Waals surface area contributed by atoms with Crippen LogP contribution in [-0.4, -0.2) is 60.2 Å². The third-order valence-electron chi connectivity index (χ3n) is 7.57. The molecule has 1 aliphatic carbocycles. The smallest absolute Gasteiger partial charge is 0.225 e. The number of amides is 1. The number of nitrogens with one attached hydrogen (secondary N) is 1. The average molecular weight is 472 g/mol. The predicted molar refractivity (Wildman–Crippen MR) is 138 cm³/mol. The van der Waals surface area contributed by atoms with E-state index in [1.54, 1.807) is 7.11 Å². The van der Waals surface area contributed by atoms with Gasteiger partial charge in [-0.15, -0.1) is 0 Å². The quantitative estimate of drug-likeness (QED) is 0.565. The first kappa shape index (κ1) is 23.4. The fourth-order valence-corrected chi connectivity index (χ4v) is 5.47. The Bertz CT molecular complexity index is 1320. The number of aromatic nitrogens is 2. The lowest BCUT2D eigenvalue weighted by Crippen LogP contribution is -2.54. The molecule has 1 aromatic carbocycles. The Kier molecular flexibility index (Phi) is 6.24. The van der Waals surface area contributed by atoms with Crippen LogP contribution in [0.4, 0.5) is 5.82 Å². The highest BCUT2D eigenvalue weighted by molar-refractivity contribution is 5.91. The monoisotopic (exact) mass is 471 g/mol. The van der Waals surface area contributed by atoms with E-state index >= 15 is 0 Å². The molecule has 5 rings (SSSR count). The van der Waals surface area contributed by atoms with Crippen molar-refractivity contribution in [3.05, 3.63) is 46.8 Å². The largest absolute Gasteiger partial charge is 0.384 e. The number of fused-ring (bicyclic) bond motifs is 1. The fourth-order valence-electron chi connectivity index (χ4n) is 5.47. The molecule has 7 nitrogen and oxygen atoms in total. The predicted octanol–water partition coefficient (Wildman–Crippen LogP) is 4.67. The lowest BCUT2D eigenvalue weighted by atomic mass is 9.89. The van der Waals surface area contributed by atoms with E-state index in [2.05, 4.69) is 54.9 Å². The van der Waals surface area contributed by atoms with Crippen molar-refractivity contribution in [1.82, 2.24) is 14.9 Å². The van der Waals surface area contributed by atoms with E-state index in [4.69, 9.17) is 9.72 Å². The standard InChI is InChI=1S/C28H33N5O2/c1-17-16-32(12-13-33(17)25(34)10-14-35-4)28-23(15-29)19(3)26(27(31-28)20-5-6-20)22-7-8-24-21(18(22)2)9-11-30-24/h7-9,11,17,20,30H,5-6,10,12-14,16H2,1-4H3. The number of pyridine rings is 1. The van der Waals surface area contributed by atoms with E-state index in [-0.39, 0.29) is 11.9 Å². The van der Waals surface area contributed by atoms with Crippen LogP contribution in [0.15, 0.2) is 24.4 Å². The molecule has 1 saturated heterocycles. The number of aromatic amines is 1. The summed E-state index contributed by atoms with van der Waals surface area (Å²) in [5.74, 6) is 1.33. The van der Waals surface area contributed by atoms with Crippen molar-refractivity contribution in [3.8, 4) is 17.2 Å².